The van der Waals surface area contributed by atoms with Crippen LogP contribution in [0.1, 0.15) is 26.7 Å². The third kappa shape index (κ3) is 1.38. The molecule has 5 heteroatoms. The number of carbonyl (C=O) groups excluding carboxylic acids is 2. The zero-order chi connectivity index (χ0) is 10.8. The van der Waals surface area contributed by atoms with Gasteiger partial charge in [-0.05, 0) is 12.8 Å². The van der Waals surface area contributed by atoms with Crippen molar-refractivity contribution in [2.45, 2.75) is 26.7 Å². The highest BCUT2D eigenvalue weighted by molar-refractivity contribution is 6.20. The summed E-state index contributed by atoms with van der Waals surface area (Å²) in [4.78, 5) is 26.7. The first kappa shape index (κ1) is 10.7. The predicted molar refractivity (Wildman–Crippen MR) is 53.0 cm³/mol. The summed E-state index contributed by atoms with van der Waals surface area (Å²) in [6, 6.07) is -0.492. The lowest BCUT2D eigenvalue weighted by Crippen LogP contribution is -2.62. The molecule has 1 aliphatic rings. The van der Waals surface area contributed by atoms with Crippen LogP contribution in [-0.2, 0) is 4.79 Å². The maximum atomic E-state index is 11.7. The molecule has 0 saturated carbocycles. The number of hydrogen-bond acceptors (Lipinski definition) is 3. The quantitative estimate of drug-likeness (QED) is 0.682. The third-order valence-corrected chi connectivity index (χ3v) is 2.78. The Hall–Kier alpha value is -1.39. The average Bonchev–Trinajstić information content (AvgIpc) is 2.17. The molecule has 0 spiro atoms. The van der Waals surface area contributed by atoms with Gasteiger partial charge in [-0.3, -0.25) is 20.4 Å². The van der Waals surface area contributed by atoms with Crippen LogP contribution in [0.15, 0.2) is 4.99 Å². The Morgan fingerprint density at radius 1 is 1.21 bits per heavy atom. The van der Waals surface area contributed by atoms with E-state index in [4.69, 9.17) is 0 Å². The lowest BCUT2D eigenvalue weighted by Gasteiger charge is -2.35. The van der Waals surface area contributed by atoms with Crippen molar-refractivity contribution in [2.75, 3.05) is 7.05 Å². The van der Waals surface area contributed by atoms with Gasteiger partial charge in [0.15, 0.2) is 0 Å². The fraction of sp³-hybridized carbons (Fsp3) is 0.667. The van der Waals surface area contributed by atoms with Gasteiger partial charge in [-0.25, -0.2) is 4.79 Å². The first-order chi connectivity index (χ1) is 6.60. The maximum absolute atomic E-state index is 11.7. The molecule has 1 fully saturated rings. The molecule has 0 unspecified atom stereocenters. The van der Waals surface area contributed by atoms with Gasteiger partial charge in [-0.2, -0.15) is 0 Å². The van der Waals surface area contributed by atoms with Gasteiger partial charge >= 0.3 is 6.03 Å². The van der Waals surface area contributed by atoms with Gasteiger partial charge in [-0.15, -0.1) is 0 Å². The van der Waals surface area contributed by atoms with Crippen LogP contribution in [0.2, 0.25) is 0 Å². The summed E-state index contributed by atoms with van der Waals surface area (Å²) in [5.74, 6) is 0.211. The van der Waals surface area contributed by atoms with Crippen LogP contribution in [-0.4, -0.2) is 24.8 Å². The second-order valence-electron chi connectivity index (χ2n) is 3.27. The molecule has 0 radical (unpaired) electrons. The molecule has 78 valence electrons. The highest BCUT2D eigenvalue weighted by Crippen LogP contribution is 2.29. The van der Waals surface area contributed by atoms with Gasteiger partial charge in [0.25, 0.3) is 0 Å². The Labute approximate surface area is 83.0 Å². The summed E-state index contributed by atoms with van der Waals surface area (Å²) in [6.45, 7) is 3.82. The van der Waals surface area contributed by atoms with E-state index in [1.165, 1.54) is 0 Å². The second-order valence-corrected chi connectivity index (χ2v) is 3.27. The first-order valence-electron chi connectivity index (χ1n) is 4.70. The molecule has 0 aromatic heterocycles. The van der Waals surface area contributed by atoms with Gasteiger partial charge in [0.1, 0.15) is 11.3 Å². The van der Waals surface area contributed by atoms with Crippen molar-refractivity contribution in [2.24, 2.45) is 10.4 Å². The number of aliphatic imine (C=N–C) groups is 1. The molecule has 5 nitrogen and oxygen atoms in total. The molecule has 0 aliphatic carbocycles. The number of rotatable bonds is 2. The molecule has 1 heterocycles. The minimum atomic E-state index is -0.664. The fourth-order valence-corrected chi connectivity index (χ4v) is 1.76. The molecule has 0 atom stereocenters. The van der Waals surface area contributed by atoms with Crippen molar-refractivity contribution in [3.05, 3.63) is 0 Å². The molecule has 1 rings (SSSR count). The van der Waals surface area contributed by atoms with Gasteiger partial charge < -0.3 is 0 Å². The largest absolute Gasteiger partial charge is 0.326 e. The maximum Gasteiger partial charge on any atom is 0.326 e. The first-order valence-corrected chi connectivity index (χ1v) is 4.70. The lowest BCUT2D eigenvalue weighted by molar-refractivity contribution is -0.127. The number of imide groups is 1. The molecule has 0 aromatic rings. The van der Waals surface area contributed by atoms with Gasteiger partial charge in [-0.1, -0.05) is 13.8 Å². The van der Waals surface area contributed by atoms with Crippen molar-refractivity contribution in [1.29, 1.82) is 0 Å². The zero-order valence-corrected chi connectivity index (χ0v) is 8.68. The van der Waals surface area contributed by atoms with Crippen molar-refractivity contribution < 1.29 is 9.59 Å². The molecular weight excluding hydrogens is 182 g/mol. The molecular formula is C9H15N3O2. The summed E-state index contributed by atoms with van der Waals surface area (Å²) in [5, 5.41) is 4.83. The summed E-state index contributed by atoms with van der Waals surface area (Å²) in [5.41, 5.74) is -0.664. The Balaban J connectivity index is 3.12. The van der Waals surface area contributed by atoms with E-state index in [2.05, 4.69) is 15.6 Å². The Morgan fingerprint density at radius 3 is 2.21 bits per heavy atom. The molecule has 14 heavy (non-hydrogen) atoms. The molecule has 0 bridgehead atoms. The monoisotopic (exact) mass is 197 g/mol. The summed E-state index contributed by atoms with van der Waals surface area (Å²) >= 11 is 0. The van der Waals surface area contributed by atoms with Crippen LogP contribution in [0.3, 0.4) is 0 Å². The number of hydrogen-bond donors (Lipinski definition) is 2. The number of amidine groups is 1. The van der Waals surface area contributed by atoms with Crippen LogP contribution in [0, 0.1) is 5.41 Å². The van der Waals surface area contributed by atoms with E-state index >= 15 is 0 Å². The minimum Gasteiger partial charge on any atom is -0.295 e. The van der Waals surface area contributed by atoms with E-state index in [0.717, 1.165) is 0 Å². The van der Waals surface area contributed by atoms with Crippen LogP contribution in [0.5, 0.6) is 0 Å². The van der Waals surface area contributed by atoms with E-state index in [1.54, 1.807) is 7.05 Å². The fourth-order valence-electron chi connectivity index (χ4n) is 1.76. The second kappa shape index (κ2) is 3.77. The normalized spacial score (nSPS) is 23.2. The van der Waals surface area contributed by atoms with E-state index in [1.807, 2.05) is 13.8 Å². The van der Waals surface area contributed by atoms with E-state index < -0.39 is 11.4 Å². The Kier molecular flexibility index (Phi) is 2.88. The highest BCUT2D eigenvalue weighted by atomic mass is 16.2. The smallest absolute Gasteiger partial charge is 0.295 e. The van der Waals surface area contributed by atoms with Crippen LogP contribution in [0.4, 0.5) is 4.79 Å². The molecule has 1 saturated heterocycles. The summed E-state index contributed by atoms with van der Waals surface area (Å²) in [7, 11) is 1.58. The Morgan fingerprint density at radius 2 is 1.79 bits per heavy atom. The van der Waals surface area contributed by atoms with Gasteiger partial charge in [0.2, 0.25) is 5.91 Å². The van der Waals surface area contributed by atoms with Crippen molar-refractivity contribution in [1.82, 2.24) is 10.6 Å². The predicted octanol–water partition coefficient (Wildman–Crippen LogP) is 0.660. The molecule has 3 amide bonds. The standard InChI is InChI=1S/C9H15N3O2/c1-4-9(5-2)6(10-3)11-8(14)12-7(9)13/h4-5H2,1-3H3,(H2,10,11,12,13,14). The summed E-state index contributed by atoms with van der Waals surface area (Å²) in [6.07, 6.45) is 1.25. The SMILES string of the molecule is CCC1(CC)C(=O)NC(=O)NC1=NC. The van der Waals surface area contributed by atoms with E-state index in [-0.39, 0.29) is 5.91 Å². The van der Waals surface area contributed by atoms with Crippen LogP contribution in [0.25, 0.3) is 0 Å². The highest BCUT2D eigenvalue weighted by Gasteiger charge is 2.45. The van der Waals surface area contributed by atoms with Crippen LogP contribution < -0.4 is 10.6 Å². The van der Waals surface area contributed by atoms with Gasteiger partial charge in [0.05, 0.1) is 0 Å². The van der Waals surface area contributed by atoms with Crippen molar-refractivity contribution in [3.63, 3.8) is 0 Å². The van der Waals surface area contributed by atoms with Crippen molar-refractivity contribution >= 4 is 17.8 Å². The number of urea groups is 1. The number of carbonyl (C=O) groups is 2. The topological polar surface area (TPSA) is 70.6 Å². The molecule has 0 aromatic carbocycles. The Bertz CT molecular complexity index is 292. The van der Waals surface area contributed by atoms with Crippen LogP contribution >= 0.6 is 0 Å². The lowest BCUT2D eigenvalue weighted by atomic mass is 9.79. The number of amides is 3. The number of nitrogens with one attached hydrogen (secondary N) is 2. The minimum absolute atomic E-state index is 0.258. The molecule has 2 N–H and O–H groups in total. The molecule has 1 aliphatic heterocycles. The third-order valence-electron chi connectivity index (χ3n) is 2.78. The average molecular weight is 197 g/mol. The number of nitrogens with zero attached hydrogens (tertiary/aromatic N) is 1. The van der Waals surface area contributed by atoms with Gasteiger partial charge in [0, 0.05) is 7.05 Å². The summed E-state index contributed by atoms with van der Waals surface area (Å²) < 4.78 is 0. The zero-order valence-electron chi connectivity index (χ0n) is 8.68. The van der Waals surface area contributed by atoms with E-state index in [0.29, 0.717) is 18.7 Å². The van der Waals surface area contributed by atoms with Crippen molar-refractivity contribution in [3.8, 4) is 0 Å². The van der Waals surface area contributed by atoms with E-state index in [9.17, 15) is 9.59 Å².